The highest BCUT2D eigenvalue weighted by Gasteiger charge is 2.19. The van der Waals surface area contributed by atoms with Gasteiger partial charge in [-0.3, -0.25) is 4.79 Å². The van der Waals surface area contributed by atoms with E-state index in [-0.39, 0.29) is 5.91 Å². The number of halogens is 1. The first-order valence-electron chi connectivity index (χ1n) is 8.22. The highest BCUT2D eigenvalue weighted by Crippen LogP contribution is 2.25. The lowest BCUT2D eigenvalue weighted by Crippen LogP contribution is -2.29. The zero-order valence-corrected chi connectivity index (χ0v) is 15.3. The minimum Gasteiger partial charge on any atom is -0.350 e. The molecule has 0 aliphatic rings. The lowest BCUT2D eigenvalue weighted by atomic mass is 10.2. The molecule has 25 heavy (non-hydrogen) atoms. The largest absolute Gasteiger partial charge is 0.350 e. The molecule has 3 aromatic rings. The van der Waals surface area contributed by atoms with Crippen molar-refractivity contribution in [2.75, 3.05) is 6.54 Å². The van der Waals surface area contributed by atoms with Gasteiger partial charge in [0.1, 0.15) is 11.4 Å². The van der Waals surface area contributed by atoms with Gasteiger partial charge in [0.2, 0.25) is 0 Å². The summed E-state index contributed by atoms with van der Waals surface area (Å²) >= 11 is 6.33. The summed E-state index contributed by atoms with van der Waals surface area (Å²) in [4.78, 5) is 12.7. The fraction of sp³-hybridized carbons (Fsp3) is 0.263. The van der Waals surface area contributed by atoms with Crippen molar-refractivity contribution in [1.82, 2.24) is 19.7 Å². The number of aryl methyl sites for hydroxylation is 1. The zero-order chi connectivity index (χ0) is 18.0. The van der Waals surface area contributed by atoms with E-state index in [4.69, 9.17) is 11.6 Å². The summed E-state index contributed by atoms with van der Waals surface area (Å²) in [6, 6.07) is 13.1. The number of aromatic nitrogens is 3. The van der Waals surface area contributed by atoms with Crippen molar-refractivity contribution in [3.05, 3.63) is 59.4 Å². The maximum Gasteiger partial charge on any atom is 0.270 e. The van der Waals surface area contributed by atoms with Crippen LogP contribution in [0.25, 0.3) is 17.1 Å². The molecule has 0 fully saturated rings. The minimum absolute atomic E-state index is 0.165. The second kappa shape index (κ2) is 7.15. The summed E-state index contributed by atoms with van der Waals surface area (Å²) in [5.41, 5.74) is 2.80. The van der Waals surface area contributed by atoms with Gasteiger partial charge >= 0.3 is 0 Å². The van der Waals surface area contributed by atoms with Crippen LogP contribution >= 0.6 is 11.6 Å². The summed E-state index contributed by atoms with van der Waals surface area (Å²) in [5.74, 6) is 0.203. The van der Waals surface area contributed by atoms with Crippen LogP contribution in [0.4, 0.5) is 0 Å². The van der Waals surface area contributed by atoms with Crippen LogP contribution in [0.1, 0.15) is 24.3 Å². The molecule has 0 unspecified atom stereocenters. The van der Waals surface area contributed by atoms with Crippen LogP contribution in [0.5, 0.6) is 0 Å². The van der Waals surface area contributed by atoms with Gasteiger partial charge in [0.25, 0.3) is 5.91 Å². The number of amides is 1. The second-order valence-electron chi connectivity index (χ2n) is 6.39. The molecule has 6 heteroatoms. The van der Waals surface area contributed by atoms with Crippen LogP contribution in [0.3, 0.4) is 0 Å². The van der Waals surface area contributed by atoms with E-state index in [1.54, 1.807) is 16.8 Å². The SMILES string of the molecule is CC(C)CNC(=O)c1cc(-c2cccn2C)nn1-c1ccccc1Cl. The average Bonchev–Trinajstić information content (AvgIpc) is 3.19. The van der Waals surface area contributed by atoms with Crippen LogP contribution in [0.2, 0.25) is 5.02 Å². The highest BCUT2D eigenvalue weighted by atomic mass is 35.5. The van der Waals surface area contributed by atoms with Crippen molar-refractivity contribution < 1.29 is 4.79 Å². The third-order valence-electron chi connectivity index (χ3n) is 3.90. The number of hydrogen-bond donors (Lipinski definition) is 1. The van der Waals surface area contributed by atoms with Crippen LogP contribution < -0.4 is 5.32 Å². The molecule has 2 aromatic heterocycles. The predicted molar refractivity (Wildman–Crippen MR) is 100 cm³/mol. The van der Waals surface area contributed by atoms with Gasteiger partial charge in [0.05, 0.1) is 16.4 Å². The number of hydrogen-bond acceptors (Lipinski definition) is 2. The Hall–Kier alpha value is -2.53. The molecule has 0 spiro atoms. The zero-order valence-electron chi connectivity index (χ0n) is 14.5. The van der Waals surface area contributed by atoms with Gasteiger partial charge in [0.15, 0.2) is 0 Å². The minimum atomic E-state index is -0.165. The Kier molecular flexibility index (Phi) is 4.95. The molecule has 0 aliphatic carbocycles. The molecular formula is C19H21ClN4O. The molecule has 0 atom stereocenters. The Morgan fingerprint density at radius 1 is 1.24 bits per heavy atom. The molecule has 0 saturated carbocycles. The van der Waals surface area contributed by atoms with Crippen molar-refractivity contribution in [3.63, 3.8) is 0 Å². The standard InChI is InChI=1S/C19H21ClN4O/c1-13(2)12-21-19(25)18-11-15(17-9-6-10-23(17)3)22-24(18)16-8-5-4-7-14(16)20/h4-11,13H,12H2,1-3H3,(H,21,25). The lowest BCUT2D eigenvalue weighted by molar-refractivity contribution is 0.0941. The van der Waals surface area contributed by atoms with E-state index in [1.165, 1.54) is 0 Å². The van der Waals surface area contributed by atoms with Gasteiger partial charge in [-0.2, -0.15) is 5.10 Å². The number of para-hydroxylation sites is 1. The Morgan fingerprint density at radius 2 is 2.00 bits per heavy atom. The summed E-state index contributed by atoms with van der Waals surface area (Å²) in [6.45, 7) is 4.72. The van der Waals surface area contributed by atoms with Crippen LogP contribution in [-0.4, -0.2) is 26.8 Å². The topological polar surface area (TPSA) is 51.9 Å². The van der Waals surface area contributed by atoms with Gasteiger partial charge in [-0.15, -0.1) is 0 Å². The van der Waals surface area contributed by atoms with Crippen molar-refractivity contribution in [2.45, 2.75) is 13.8 Å². The quantitative estimate of drug-likeness (QED) is 0.753. The van der Waals surface area contributed by atoms with Crippen molar-refractivity contribution >= 4 is 17.5 Å². The molecule has 1 N–H and O–H groups in total. The Morgan fingerprint density at radius 3 is 2.64 bits per heavy atom. The number of benzene rings is 1. The summed E-state index contributed by atoms with van der Waals surface area (Å²) in [5, 5.41) is 8.14. The molecule has 3 rings (SSSR count). The average molecular weight is 357 g/mol. The molecule has 1 amide bonds. The molecule has 0 saturated heterocycles. The van der Waals surface area contributed by atoms with Gasteiger partial charge in [0, 0.05) is 19.8 Å². The lowest BCUT2D eigenvalue weighted by Gasteiger charge is -2.10. The molecule has 1 aromatic carbocycles. The third kappa shape index (κ3) is 3.61. The van der Waals surface area contributed by atoms with Crippen molar-refractivity contribution in [1.29, 1.82) is 0 Å². The molecule has 0 bridgehead atoms. The normalized spacial score (nSPS) is 11.1. The van der Waals surface area contributed by atoms with E-state index in [1.807, 2.05) is 48.1 Å². The maximum atomic E-state index is 12.7. The first kappa shape index (κ1) is 17.3. The smallest absolute Gasteiger partial charge is 0.270 e. The van der Waals surface area contributed by atoms with Gasteiger partial charge in [-0.05, 0) is 36.2 Å². The molecular weight excluding hydrogens is 336 g/mol. The van der Waals surface area contributed by atoms with E-state index in [2.05, 4.69) is 24.3 Å². The van der Waals surface area contributed by atoms with Crippen molar-refractivity contribution in [3.8, 4) is 17.1 Å². The fourth-order valence-electron chi connectivity index (χ4n) is 2.59. The van der Waals surface area contributed by atoms with Crippen LogP contribution in [0, 0.1) is 5.92 Å². The molecule has 2 heterocycles. The second-order valence-corrected chi connectivity index (χ2v) is 6.79. The first-order chi connectivity index (χ1) is 12.0. The van der Waals surface area contributed by atoms with E-state index < -0.39 is 0 Å². The Bertz CT molecular complexity index is 894. The molecule has 0 radical (unpaired) electrons. The monoisotopic (exact) mass is 356 g/mol. The third-order valence-corrected chi connectivity index (χ3v) is 4.22. The van der Waals surface area contributed by atoms with Crippen LogP contribution in [-0.2, 0) is 7.05 Å². The Labute approximate surface area is 152 Å². The van der Waals surface area contributed by atoms with E-state index >= 15 is 0 Å². The number of nitrogens with zero attached hydrogens (tertiary/aromatic N) is 3. The Balaban J connectivity index is 2.08. The number of carbonyl (C=O) groups is 1. The summed E-state index contributed by atoms with van der Waals surface area (Å²) in [7, 11) is 1.95. The van der Waals surface area contributed by atoms with Crippen LogP contribution in [0.15, 0.2) is 48.7 Å². The van der Waals surface area contributed by atoms with E-state index in [0.717, 1.165) is 11.4 Å². The highest BCUT2D eigenvalue weighted by molar-refractivity contribution is 6.32. The van der Waals surface area contributed by atoms with Gasteiger partial charge in [-0.1, -0.05) is 37.6 Å². The molecule has 130 valence electrons. The number of carbonyl (C=O) groups excluding carboxylic acids is 1. The molecule has 5 nitrogen and oxygen atoms in total. The van der Waals surface area contributed by atoms with Gasteiger partial charge < -0.3 is 9.88 Å². The number of nitrogens with one attached hydrogen (secondary N) is 1. The van der Waals surface area contributed by atoms with Crippen molar-refractivity contribution in [2.24, 2.45) is 13.0 Å². The summed E-state index contributed by atoms with van der Waals surface area (Å²) in [6.07, 6.45) is 1.95. The summed E-state index contributed by atoms with van der Waals surface area (Å²) < 4.78 is 3.58. The predicted octanol–water partition coefficient (Wildman–Crippen LogP) is 3.92. The van der Waals surface area contributed by atoms with E-state index in [0.29, 0.717) is 28.9 Å². The maximum absolute atomic E-state index is 12.7. The number of rotatable bonds is 5. The van der Waals surface area contributed by atoms with E-state index in [9.17, 15) is 4.79 Å². The van der Waals surface area contributed by atoms with Gasteiger partial charge in [-0.25, -0.2) is 4.68 Å². The first-order valence-corrected chi connectivity index (χ1v) is 8.60. The molecule has 0 aliphatic heterocycles. The fourth-order valence-corrected chi connectivity index (χ4v) is 2.81.